The van der Waals surface area contributed by atoms with Gasteiger partial charge in [0.05, 0.1) is 0 Å². The van der Waals surface area contributed by atoms with Gasteiger partial charge in [-0.1, -0.05) is 65.7 Å². The molecule has 0 aliphatic rings. The number of carbonyl (C=O) groups excluding carboxylic acids is 1. The van der Waals surface area contributed by atoms with E-state index in [1.807, 2.05) is 42.5 Å². The van der Waals surface area contributed by atoms with Crippen molar-refractivity contribution >= 4 is 45.8 Å². The van der Waals surface area contributed by atoms with Crippen LogP contribution in [0.15, 0.2) is 66.7 Å². The molecule has 0 fully saturated rings. The zero-order chi connectivity index (χ0) is 15.5. The Morgan fingerprint density at radius 1 is 0.818 bits per heavy atom. The highest BCUT2D eigenvalue weighted by molar-refractivity contribution is 6.37. The molecule has 0 aromatic heterocycles. The molecule has 0 radical (unpaired) electrons. The van der Waals surface area contributed by atoms with E-state index in [9.17, 15) is 4.79 Å². The molecule has 0 saturated heterocycles. The standard InChI is InChI=1S/C19H12Cl2O/c20-17-6-3-7-18(21)16(17)10-11-19(22)15-9-8-13-4-1-2-5-14(13)12-15/h1-12H/b11-10+. The van der Waals surface area contributed by atoms with Crippen molar-refractivity contribution in [2.45, 2.75) is 0 Å². The average Bonchev–Trinajstić information content (AvgIpc) is 2.53. The van der Waals surface area contributed by atoms with Gasteiger partial charge in [0.25, 0.3) is 0 Å². The summed E-state index contributed by atoms with van der Waals surface area (Å²) in [6.07, 6.45) is 3.15. The van der Waals surface area contributed by atoms with Gasteiger partial charge in [0, 0.05) is 21.2 Å². The number of hydrogen-bond donors (Lipinski definition) is 0. The summed E-state index contributed by atoms with van der Waals surface area (Å²) in [6, 6.07) is 18.8. The van der Waals surface area contributed by atoms with Gasteiger partial charge in [-0.2, -0.15) is 0 Å². The van der Waals surface area contributed by atoms with Crippen molar-refractivity contribution in [3.8, 4) is 0 Å². The number of hydrogen-bond acceptors (Lipinski definition) is 1. The van der Waals surface area contributed by atoms with Gasteiger partial charge in [0.15, 0.2) is 5.78 Å². The van der Waals surface area contributed by atoms with Crippen molar-refractivity contribution < 1.29 is 4.79 Å². The molecule has 3 rings (SSSR count). The second kappa shape index (κ2) is 6.35. The molecule has 0 heterocycles. The van der Waals surface area contributed by atoms with Gasteiger partial charge in [-0.3, -0.25) is 4.79 Å². The van der Waals surface area contributed by atoms with Gasteiger partial charge in [0.2, 0.25) is 0 Å². The van der Waals surface area contributed by atoms with Crippen molar-refractivity contribution in [2.24, 2.45) is 0 Å². The molecule has 3 aromatic carbocycles. The van der Waals surface area contributed by atoms with E-state index in [0.29, 0.717) is 21.2 Å². The zero-order valence-corrected chi connectivity index (χ0v) is 13.1. The maximum Gasteiger partial charge on any atom is 0.185 e. The fourth-order valence-corrected chi connectivity index (χ4v) is 2.79. The minimum absolute atomic E-state index is 0.0817. The van der Waals surface area contributed by atoms with E-state index in [4.69, 9.17) is 23.2 Å². The van der Waals surface area contributed by atoms with Crippen molar-refractivity contribution in [1.82, 2.24) is 0 Å². The third-order valence-electron chi connectivity index (χ3n) is 3.44. The Balaban J connectivity index is 1.91. The van der Waals surface area contributed by atoms with Gasteiger partial charge in [0.1, 0.15) is 0 Å². The van der Waals surface area contributed by atoms with Crippen LogP contribution in [0, 0.1) is 0 Å². The van der Waals surface area contributed by atoms with Crippen LogP contribution in [0.1, 0.15) is 15.9 Å². The SMILES string of the molecule is O=C(/C=C/c1c(Cl)cccc1Cl)c1ccc2ccccc2c1. The van der Waals surface area contributed by atoms with Crippen molar-refractivity contribution in [3.05, 3.63) is 87.9 Å². The Hall–Kier alpha value is -2.09. The smallest absolute Gasteiger partial charge is 0.185 e. The largest absolute Gasteiger partial charge is 0.289 e. The highest BCUT2D eigenvalue weighted by Crippen LogP contribution is 2.25. The van der Waals surface area contributed by atoms with Crippen LogP contribution in [0.2, 0.25) is 10.0 Å². The van der Waals surface area contributed by atoms with Crippen LogP contribution in [0.5, 0.6) is 0 Å². The Kier molecular flexibility index (Phi) is 4.28. The minimum atomic E-state index is -0.0817. The molecule has 0 saturated carbocycles. The van der Waals surface area contributed by atoms with E-state index in [0.717, 1.165) is 10.8 Å². The number of benzene rings is 3. The van der Waals surface area contributed by atoms with Crippen molar-refractivity contribution in [1.29, 1.82) is 0 Å². The lowest BCUT2D eigenvalue weighted by molar-refractivity contribution is 0.104. The Bertz CT molecular complexity index is 861. The molecular formula is C19H12Cl2O. The van der Waals surface area contributed by atoms with E-state index >= 15 is 0 Å². The number of fused-ring (bicyclic) bond motifs is 1. The molecule has 3 heteroatoms. The lowest BCUT2D eigenvalue weighted by Crippen LogP contribution is -1.94. The van der Waals surface area contributed by atoms with E-state index in [2.05, 4.69) is 0 Å². The summed E-state index contributed by atoms with van der Waals surface area (Å²) in [6.45, 7) is 0. The van der Waals surface area contributed by atoms with Gasteiger partial charge in [-0.15, -0.1) is 0 Å². The fraction of sp³-hybridized carbons (Fsp3) is 0. The van der Waals surface area contributed by atoms with Crippen LogP contribution in [-0.4, -0.2) is 5.78 Å². The number of halogens is 2. The van der Waals surface area contributed by atoms with E-state index in [1.165, 1.54) is 6.08 Å². The number of allylic oxidation sites excluding steroid dienone is 1. The highest BCUT2D eigenvalue weighted by Gasteiger charge is 2.05. The summed E-state index contributed by atoms with van der Waals surface area (Å²) in [5, 5.41) is 3.19. The van der Waals surface area contributed by atoms with Crippen molar-refractivity contribution in [3.63, 3.8) is 0 Å². The molecule has 0 N–H and O–H groups in total. The minimum Gasteiger partial charge on any atom is -0.289 e. The Morgan fingerprint density at radius 2 is 1.50 bits per heavy atom. The summed E-state index contributed by atoms with van der Waals surface area (Å²) in [4.78, 5) is 12.3. The van der Waals surface area contributed by atoms with Crippen LogP contribution < -0.4 is 0 Å². The Morgan fingerprint density at radius 3 is 2.23 bits per heavy atom. The van der Waals surface area contributed by atoms with Crippen LogP contribution >= 0.6 is 23.2 Å². The predicted molar refractivity (Wildman–Crippen MR) is 93.8 cm³/mol. The first-order valence-corrected chi connectivity index (χ1v) is 7.56. The number of rotatable bonds is 3. The summed E-state index contributed by atoms with van der Waals surface area (Å²) in [5.41, 5.74) is 1.29. The molecule has 0 bridgehead atoms. The van der Waals surface area contributed by atoms with Crippen LogP contribution in [-0.2, 0) is 0 Å². The van der Waals surface area contributed by atoms with Crippen LogP contribution in [0.4, 0.5) is 0 Å². The molecule has 0 spiro atoms. The summed E-state index contributed by atoms with van der Waals surface area (Å²) < 4.78 is 0. The third kappa shape index (κ3) is 3.06. The van der Waals surface area contributed by atoms with Gasteiger partial charge >= 0.3 is 0 Å². The number of carbonyl (C=O) groups is 1. The fourth-order valence-electron chi connectivity index (χ4n) is 2.27. The molecule has 108 valence electrons. The molecule has 0 aliphatic carbocycles. The molecule has 1 nitrogen and oxygen atoms in total. The van der Waals surface area contributed by atoms with E-state index in [1.54, 1.807) is 24.3 Å². The predicted octanol–water partition coefficient (Wildman–Crippen LogP) is 6.04. The lowest BCUT2D eigenvalue weighted by atomic mass is 10.0. The third-order valence-corrected chi connectivity index (χ3v) is 4.09. The maximum absolute atomic E-state index is 12.3. The topological polar surface area (TPSA) is 17.1 Å². The Labute approximate surface area is 138 Å². The van der Waals surface area contributed by atoms with Gasteiger partial charge in [-0.05, 0) is 41.1 Å². The first-order chi connectivity index (χ1) is 10.6. The second-order valence-electron chi connectivity index (χ2n) is 4.89. The zero-order valence-electron chi connectivity index (χ0n) is 11.6. The monoisotopic (exact) mass is 326 g/mol. The molecule has 0 amide bonds. The lowest BCUT2D eigenvalue weighted by Gasteiger charge is -2.02. The average molecular weight is 327 g/mol. The second-order valence-corrected chi connectivity index (χ2v) is 5.71. The molecule has 0 atom stereocenters. The molecular weight excluding hydrogens is 315 g/mol. The van der Waals surface area contributed by atoms with Crippen LogP contribution in [0.25, 0.3) is 16.8 Å². The summed E-state index contributed by atoms with van der Waals surface area (Å²) in [7, 11) is 0. The summed E-state index contributed by atoms with van der Waals surface area (Å²) >= 11 is 12.2. The first kappa shape index (κ1) is 14.8. The normalized spacial score (nSPS) is 11.2. The first-order valence-electron chi connectivity index (χ1n) is 6.80. The molecule has 0 aliphatic heterocycles. The quantitative estimate of drug-likeness (QED) is 0.423. The summed E-state index contributed by atoms with van der Waals surface area (Å²) in [5.74, 6) is -0.0817. The van der Waals surface area contributed by atoms with E-state index < -0.39 is 0 Å². The molecule has 0 unspecified atom stereocenters. The number of ketones is 1. The van der Waals surface area contributed by atoms with E-state index in [-0.39, 0.29) is 5.78 Å². The molecule has 3 aromatic rings. The van der Waals surface area contributed by atoms with Gasteiger partial charge in [-0.25, -0.2) is 0 Å². The van der Waals surface area contributed by atoms with Crippen molar-refractivity contribution in [2.75, 3.05) is 0 Å². The van der Waals surface area contributed by atoms with Gasteiger partial charge < -0.3 is 0 Å². The van der Waals surface area contributed by atoms with Crippen LogP contribution in [0.3, 0.4) is 0 Å². The maximum atomic E-state index is 12.3. The highest BCUT2D eigenvalue weighted by atomic mass is 35.5. The molecule has 22 heavy (non-hydrogen) atoms.